The Bertz CT molecular complexity index is 212. The lowest BCUT2D eigenvalue weighted by atomic mass is 10.2. The second kappa shape index (κ2) is 3.51. The maximum absolute atomic E-state index is 10.1. The molecule has 4 heteroatoms. The molecule has 0 aliphatic heterocycles. The van der Waals surface area contributed by atoms with Crippen molar-refractivity contribution in [1.82, 2.24) is 0 Å². The molecular formula is C6H7NO3. The molecular weight excluding hydrogens is 134 g/mol. The first-order chi connectivity index (χ1) is 4.63. The van der Waals surface area contributed by atoms with E-state index in [9.17, 15) is 4.79 Å². The summed E-state index contributed by atoms with van der Waals surface area (Å²) in [5.74, 6) is -1.77. The number of rotatable bonds is 2. The van der Waals surface area contributed by atoms with Gasteiger partial charge in [-0.05, 0) is 0 Å². The minimum atomic E-state index is -1.39. The van der Waals surface area contributed by atoms with Gasteiger partial charge in [-0.1, -0.05) is 6.92 Å². The minimum absolute atomic E-state index is 0.162. The lowest BCUT2D eigenvalue weighted by molar-refractivity contribution is -0.132. The van der Waals surface area contributed by atoms with E-state index in [1.807, 2.05) is 0 Å². The number of nitrogens with zero attached hydrogens (tertiary/aromatic N) is 1. The normalized spacial score (nSPS) is 11.6. The number of carboxylic acids is 1. The van der Waals surface area contributed by atoms with Gasteiger partial charge in [0.15, 0.2) is 5.57 Å². The fourth-order valence-electron chi connectivity index (χ4n) is 0.413. The van der Waals surface area contributed by atoms with Crippen LogP contribution in [0.5, 0.6) is 0 Å². The van der Waals surface area contributed by atoms with E-state index in [1.165, 1.54) is 6.07 Å². The molecule has 0 saturated carbocycles. The van der Waals surface area contributed by atoms with Crippen LogP contribution in [0.15, 0.2) is 11.3 Å². The molecule has 0 aliphatic rings. The Morgan fingerprint density at radius 2 is 2.10 bits per heavy atom. The molecule has 0 atom stereocenters. The molecule has 0 saturated heterocycles. The van der Waals surface area contributed by atoms with Gasteiger partial charge in [0.05, 0.1) is 0 Å². The van der Waals surface area contributed by atoms with Crippen molar-refractivity contribution in [2.75, 3.05) is 0 Å². The first kappa shape index (κ1) is 8.50. The van der Waals surface area contributed by atoms with Crippen molar-refractivity contribution < 1.29 is 15.0 Å². The fourth-order valence-corrected chi connectivity index (χ4v) is 0.413. The van der Waals surface area contributed by atoms with Gasteiger partial charge in [0, 0.05) is 6.42 Å². The first-order valence-electron chi connectivity index (χ1n) is 2.69. The molecule has 0 aliphatic carbocycles. The zero-order chi connectivity index (χ0) is 8.15. The average molecular weight is 141 g/mol. The van der Waals surface area contributed by atoms with Crippen LogP contribution in [0.25, 0.3) is 0 Å². The van der Waals surface area contributed by atoms with Crippen molar-refractivity contribution in [2.45, 2.75) is 13.3 Å². The van der Waals surface area contributed by atoms with Crippen molar-refractivity contribution in [3.63, 3.8) is 0 Å². The van der Waals surface area contributed by atoms with Gasteiger partial charge in [0.1, 0.15) is 11.8 Å². The second-order valence-electron chi connectivity index (χ2n) is 1.59. The van der Waals surface area contributed by atoms with Crippen molar-refractivity contribution in [3.8, 4) is 6.07 Å². The largest absolute Gasteiger partial charge is 0.511 e. The standard InChI is InChI=1S/C6H7NO3/c1-2-5(8)4(3-7)6(9)10/h8H,2H2,1H3,(H,9,10)/b5-4-. The van der Waals surface area contributed by atoms with Crippen LogP contribution in [0, 0.1) is 11.3 Å². The molecule has 0 rings (SSSR count). The number of hydrogen-bond acceptors (Lipinski definition) is 3. The van der Waals surface area contributed by atoms with Crippen LogP contribution < -0.4 is 0 Å². The van der Waals surface area contributed by atoms with Gasteiger partial charge in [-0.3, -0.25) is 0 Å². The number of allylic oxidation sites excluding steroid dienone is 1. The van der Waals surface area contributed by atoms with E-state index in [4.69, 9.17) is 15.5 Å². The summed E-state index contributed by atoms with van der Waals surface area (Å²) in [6.07, 6.45) is 0.162. The predicted octanol–water partition coefficient (Wildman–Crippen LogP) is 0.817. The van der Waals surface area contributed by atoms with E-state index in [0.717, 1.165) is 0 Å². The molecule has 0 aromatic carbocycles. The Balaban J connectivity index is 4.68. The van der Waals surface area contributed by atoms with E-state index < -0.39 is 11.5 Å². The molecule has 10 heavy (non-hydrogen) atoms. The molecule has 4 nitrogen and oxygen atoms in total. The van der Waals surface area contributed by atoms with E-state index in [-0.39, 0.29) is 12.2 Å². The topological polar surface area (TPSA) is 81.3 Å². The Morgan fingerprint density at radius 3 is 2.20 bits per heavy atom. The summed E-state index contributed by atoms with van der Waals surface area (Å²) in [7, 11) is 0. The predicted molar refractivity (Wildman–Crippen MR) is 33.2 cm³/mol. The summed E-state index contributed by atoms with van der Waals surface area (Å²) in [6.45, 7) is 1.57. The zero-order valence-corrected chi connectivity index (χ0v) is 5.46. The number of aliphatic hydroxyl groups excluding tert-OH is 1. The zero-order valence-electron chi connectivity index (χ0n) is 5.46. The van der Waals surface area contributed by atoms with E-state index in [0.29, 0.717) is 0 Å². The first-order valence-corrected chi connectivity index (χ1v) is 2.69. The Hall–Kier alpha value is -1.50. The van der Waals surface area contributed by atoms with Crippen LogP contribution >= 0.6 is 0 Å². The van der Waals surface area contributed by atoms with Gasteiger partial charge >= 0.3 is 5.97 Å². The number of aliphatic hydroxyl groups is 1. The summed E-state index contributed by atoms with van der Waals surface area (Å²) >= 11 is 0. The molecule has 0 spiro atoms. The number of carboxylic acid groups (broad SMARTS) is 1. The van der Waals surface area contributed by atoms with Crippen LogP contribution in [-0.2, 0) is 4.79 Å². The summed E-state index contributed by atoms with van der Waals surface area (Å²) < 4.78 is 0. The molecule has 0 fully saturated rings. The molecule has 0 heterocycles. The number of carbonyl (C=O) groups is 1. The molecule has 0 unspecified atom stereocenters. The maximum Gasteiger partial charge on any atom is 0.349 e. The highest BCUT2D eigenvalue weighted by molar-refractivity contribution is 5.91. The third-order valence-corrected chi connectivity index (χ3v) is 0.949. The minimum Gasteiger partial charge on any atom is -0.511 e. The quantitative estimate of drug-likeness (QED) is 0.339. The van der Waals surface area contributed by atoms with Gasteiger partial charge in [-0.2, -0.15) is 5.26 Å². The molecule has 0 aromatic heterocycles. The average Bonchev–Trinajstić information content (AvgIpc) is 1.88. The summed E-state index contributed by atoms with van der Waals surface area (Å²) in [4.78, 5) is 10.1. The molecule has 0 aromatic rings. The monoisotopic (exact) mass is 141 g/mol. The SMILES string of the molecule is CC/C(O)=C(\C#N)C(=O)O. The molecule has 0 amide bonds. The van der Waals surface area contributed by atoms with Crippen molar-refractivity contribution in [2.24, 2.45) is 0 Å². The van der Waals surface area contributed by atoms with Crippen LogP contribution in [-0.4, -0.2) is 16.2 Å². The molecule has 0 radical (unpaired) electrons. The fraction of sp³-hybridized carbons (Fsp3) is 0.333. The lowest BCUT2D eigenvalue weighted by Crippen LogP contribution is -2.01. The maximum atomic E-state index is 10.1. The Kier molecular flexibility index (Phi) is 2.98. The van der Waals surface area contributed by atoms with Crippen LogP contribution in [0.1, 0.15) is 13.3 Å². The number of hydrogen-bond donors (Lipinski definition) is 2. The molecule has 0 bridgehead atoms. The van der Waals surface area contributed by atoms with Crippen molar-refractivity contribution in [1.29, 1.82) is 5.26 Å². The van der Waals surface area contributed by atoms with Gasteiger partial charge in [0.2, 0.25) is 0 Å². The Labute approximate surface area is 58.0 Å². The smallest absolute Gasteiger partial charge is 0.349 e. The molecule has 54 valence electrons. The molecule has 2 N–H and O–H groups in total. The summed E-state index contributed by atoms with van der Waals surface area (Å²) in [6, 6.07) is 1.38. The van der Waals surface area contributed by atoms with E-state index in [1.54, 1.807) is 6.92 Å². The second-order valence-corrected chi connectivity index (χ2v) is 1.59. The van der Waals surface area contributed by atoms with Crippen LogP contribution in [0.4, 0.5) is 0 Å². The van der Waals surface area contributed by atoms with Crippen molar-refractivity contribution in [3.05, 3.63) is 11.3 Å². The third-order valence-electron chi connectivity index (χ3n) is 0.949. The van der Waals surface area contributed by atoms with E-state index in [2.05, 4.69) is 0 Å². The third kappa shape index (κ3) is 1.78. The van der Waals surface area contributed by atoms with Gasteiger partial charge < -0.3 is 10.2 Å². The lowest BCUT2D eigenvalue weighted by Gasteiger charge is -1.93. The Morgan fingerprint density at radius 1 is 1.60 bits per heavy atom. The van der Waals surface area contributed by atoms with Crippen molar-refractivity contribution >= 4 is 5.97 Å². The van der Waals surface area contributed by atoms with Crippen LogP contribution in [0.2, 0.25) is 0 Å². The summed E-state index contributed by atoms with van der Waals surface area (Å²) in [5, 5.41) is 25.1. The summed E-state index contributed by atoms with van der Waals surface area (Å²) in [5.41, 5.74) is -0.581. The van der Waals surface area contributed by atoms with Gasteiger partial charge in [0.25, 0.3) is 0 Å². The van der Waals surface area contributed by atoms with Crippen LogP contribution in [0.3, 0.4) is 0 Å². The number of nitriles is 1. The highest BCUT2D eigenvalue weighted by Crippen LogP contribution is 2.03. The van der Waals surface area contributed by atoms with Gasteiger partial charge in [-0.25, -0.2) is 4.79 Å². The number of aliphatic carboxylic acids is 1. The highest BCUT2D eigenvalue weighted by Gasteiger charge is 2.10. The van der Waals surface area contributed by atoms with E-state index >= 15 is 0 Å². The van der Waals surface area contributed by atoms with Gasteiger partial charge in [-0.15, -0.1) is 0 Å². The highest BCUT2D eigenvalue weighted by atomic mass is 16.4.